The molecular formula is C21H24N2O4. The van der Waals surface area contributed by atoms with Crippen LogP contribution in [0.1, 0.15) is 18.1 Å². The van der Waals surface area contributed by atoms with Crippen molar-refractivity contribution in [3.8, 4) is 11.5 Å². The molecule has 1 unspecified atom stereocenters. The molecule has 2 aromatic rings. The smallest absolute Gasteiger partial charge is 0.243 e. The number of methoxy groups -OCH3 is 2. The summed E-state index contributed by atoms with van der Waals surface area (Å²) in [7, 11) is 3.19. The summed E-state index contributed by atoms with van der Waals surface area (Å²) in [6.07, 6.45) is 1.20. The van der Waals surface area contributed by atoms with Gasteiger partial charge >= 0.3 is 0 Å². The van der Waals surface area contributed by atoms with Crippen LogP contribution in [-0.4, -0.2) is 38.6 Å². The van der Waals surface area contributed by atoms with Crippen molar-refractivity contribution in [1.29, 1.82) is 0 Å². The highest BCUT2D eigenvalue weighted by Crippen LogP contribution is 2.32. The topological polar surface area (TPSA) is 67.9 Å². The second-order valence-corrected chi connectivity index (χ2v) is 6.47. The lowest BCUT2D eigenvalue weighted by atomic mass is 10.1. The molecule has 1 aliphatic heterocycles. The number of para-hydroxylation sites is 1. The number of hydrogen-bond acceptors (Lipinski definition) is 4. The summed E-state index contributed by atoms with van der Waals surface area (Å²) in [5.41, 5.74) is 2.88. The number of ether oxygens (including phenoxy) is 2. The summed E-state index contributed by atoms with van der Waals surface area (Å²) in [5.74, 6) is 1.07. The Hall–Kier alpha value is -3.02. The van der Waals surface area contributed by atoms with Gasteiger partial charge < -0.3 is 14.8 Å². The number of benzene rings is 2. The first-order valence-corrected chi connectivity index (χ1v) is 8.91. The first kappa shape index (κ1) is 18.8. The van der Waals surface area contributed by atoms with Crippen molar-refractivity contribution in [3.05, 3.63) is 53.6 Å². The van der Waals surface area contributed by atoms with E-state index < -0.39 is 6.04 Å². The van der Waals surface area contributed by atoms with Crippen LogP contribution in [0.4, 0.5) is 5.69 Å². The lowest BCUT2D eigenvalue weighted by molar-refractivity contribution is -0.125. The zero-order valence-corrected chi connectivity index (χ0v) is 15.8. The van der Waals surface area contributed by atoms with E-state index in [4.69, 9.17) is 9.47 Å². The van der Waals surface area contributed by atoms with Gasteiger partial charge in [-0.25, -0.2) is 0 Å². The average molecular weight is 368 g/mol. The zero-order valence-electron chi connectivity index (χ0n) is 15.8. The van der Waals surface area contributed by atoms with Crippen LogP contribution in [0.15, 0.2) is 42.5 Å². The van der Waals surface area contributed by atoms with Gasteiger partial charge in [0.15, 0.2) is 11.5 Å². The van der Waals surface area contributed by atoms with E-state index in [-0.39, 0.29) is 11.8 Å². The summed E-state index contributed by atoms with van der Waals surface area (Å²) in [6, 6.07) is 12.8. The minimum atomic E-state index is -0.495. The number of carbonyl (C=O) groups excluding carboxylic acids is 2. The predicted molar refractivity (Wildman–Crippen MR) is 103 cm³/mol. The van der Waals surface area contributed by atoms with Gasteiger partial charge in [-0.05, 0) is 35.7 Å². The van der Waals surface area contributed by atoms with Gasteiger partial charge in [-0.15, -0.1) is 0 Å². The van der Waals surface area contributed by atoms with Crippen LogP contribution < -0.4 is 19.7 Å². The van der Waals surface area contributed by atoms with Gasteiger partial charge in [0.1, 0.15) is 6.04 Å². The Morgan fingerprint density at radius 1 is 1.11 bits per heavy atom. The number of carbonyl (C=O) groups is 2. The third kappa shape index (κ3) is 3.89. The molecule has 0 aliphatic carbocycles. The molecule has 0 saturated heterocycles. The molecule has 0 bridgehead atoms. The van der Waals surface area contributed by atoms with Crippen LogP contribution in [0.25, 0.3) is 0 Å². The van der Waals surface area contributed by atoms with Gasteiger partial charge in [-0.2, -0.15) is 0 Å². The molecule has 6 heteroatoms. The van der Waals surface area contributed by atoms with Crippen LogP contribution in [0.5, 0.6) is 11.5 Å². The molecule has 0 fully saturated rings. The molecule has 0 radical (unpaired) electrons. The molecule has 142 valence electrons. The van der Waals surface area contributed by atoms with Crippen molar-refractivity contribution in [1.82, 2.24) is 5.32 Å². The number of amides is 2. The van der Waals surface area contributed by atoms with E-state index in [1.165, 1.54) is 6.92 Å². The van der Waals surface area contributed by atoms with Crippen molar-refractivity contribution in [2.24, 2.45) is 0 Å². The van der Waals surface area contributed by atoms with E-state index in [2.05, 4.69) is 5.32 Å². The number of nitrogens with one attached hydrogen (secondary N) is 1. The summed E-state index contributed by atoms with van der Waals surface area (Å²) in [5, 5.41) is 2.95. The van der Waals surface area contributed by atoms with Gasteiger partial charge in [0.2, 0.25) is 11.8 Å². The molecule has 3 rings (SSSR count). The summed E-state index contributed by atoms with van der Waals surface area (Å²) >= 11 is 0. The molecule has 2 amide bonds. The van der Waals surface area contributed by atoms with Gasteiger partial charge in [-0.3, -0.25) is 14.5 Å². The van der Waals surface area contributed by atoms with E-state index in [9.17, 15) is 9.59 Å². The molecule has 6 nitrogen and oxygen atoms in total. The monoisotopic (exact) mass is 368 g/mol. The second-order valence-electron chi connectivity index (χ2n) is 6.47. The standard InChI is InChI=1S/C21H24N2O4/c1-14(24)23-17-7-5-4-6-16(17)13-18(23)21(25)22-11-10-15-8-9-19(26-2)20(12-15)27-3/h4-9,12,18H,10-11,13H2,1-3H3,(H,22,25). The maximum atomic E-state index is 12.7. The lowest BCUT2D eigenvalue weighted by Crippen LogP contribution is -2.47. The van der Waals surface area contributed by atoms with Crippen molar-refractivity contribution in [2.75, 3.05) is 25.7 Å². The normalized spacial score (nSPS) is 15.2. The highest BCUT2D eigenvalue weighted by Gasteiger charge is 2.36. The summed E-state index contributed by atoms with van der Waals surface area (Å²) in [6.45, 7) is 1.97. The first-order valence-electron chi connectivity index (χ1n) is 8.91. The van der Waals surface area contributed by atoms with Crippen LogP contribution in [0.3, 0.4) is 0 Å². The minimum absolute atomic E-state index is 0.125. The van der Waals surface area contributed by atoms with Gasteiger partial charge in [0.05, 0.1) is 14.2 Å². The van der Waals surface area contributed by atoms with E-state index in [0.717, 1.165) is 16.8 Å². The average Bonchev–Trinajstić information content (AvgIpc) is 3.07. The molecule has 0 saturated carbocycles. The number of anilines is 1. The zero-order chi connectivity index (χ0) is 19.4. The van der Waals surface area contributed by atoms with Gasteiger partial charge in [-0.1, -0.05) is 24.3 Å². The Balaban J connectivity index is 1.62. The van der Waals surface area contributed by atoms with Crippen molar-refractivity contribution < 1.29 is 19.1 Å². The van der Waals surface area contributed by atoms with Crippen LogP contribution in [-0.2, 0) is 22.4 Å². The SMILES string of the molecule is COc1ccc(CCNC(=O)C2Cc3ccccc3N2C(C)=O)cc1OC. The number of rotatable bonds is 6. The molecule has 1 heterocycles. The third-order valence-electron chi connectivity index (χ3n) is 4.78. The number of hydrogen-bond donors (Lipinski definition) is 1. The molecule has 0 spiro atoms. The fourth-order valence-corrected chi connectivity index (χ4v) is 3.47. The van der Waals surface area contributed by atoms with Gasteiger partial charge in [0.25, 0.3) is 0 Å². The molecule has 0 aromatic heterocycles. The van der Waals surface area contributed by atoms with E-state index in [1.54, 1.807) is 19.1 Å². The maximum absolute atomic E-state index is 12.7. The Bertz CT molecular complexity index is 850. The van der Waals surface area contributed by atoms with Crippen molar-refractivity contribution in [3.63, 3.8) is 0 Å². The minimum Gasteiger partial charge on any atom is -0.493 e. The second kappa shape index (κ2) is 8.12. The van der Waals surface area contributed by atoms with Crippen LogP contribution in [0.2, 0.25) is 0 Å². The van der Waals surface area contributed by atoms with Crippen LogP contribution >= 0.6 is 0 Å². The molecule has 1 atom stereocenters. The van der Waals surface area contributed by atoms with Crippen molar-refractivity contribution in [2.45, 2.75) is 25.8 Å². The Kier molecular flexibility index (Phi) is 5.64. The van der Waals surface area contributed by atoms with Gasteiger partial charge in [0, 0.05) is 25.6 Å². The van der Waals surface area contributed by atoms with E-state index >= 15 is 0 Å². The van der Waals surface area contributed by atoms with Crippen molar-refractivity contribution >= 4 is 17.5 Å². The van der Waals surface area contributed by atoms with E-state index in [1.807, 2.05) is 42.5 Å². The van der Waals surface area contributed by atoms with Crippen LogP contribution in [0, 0.1) is 0 Å². The number of fused-ring (bicyclic) bond motifs is 1. The Labute approximate surface area is 159 Å². The largest absolute Gasteiger partial charge is 0.493 e. The summed E-state index contributed by atoms with van der Waals surface area (Å²) < 4.78 is 10.5. The molecule has 2 aromatic carbocycles. The highest BCUT2D eigenvalue weighted by atomic mass is 16.5. The summed E-state index contributed by atoms with van der Waals surface area (Å²) in [4.78, 5) is 26.3. The van der Waals surface area contributed by atoms with E-state index in [0.29, 0.717) is 30.9 Å². The maximum Gasteiger partial charge on any atom is 0.243 e. The fraction of sp³-hybridized carbons (Fsp3) is 0.333. The third-order valence-corrected chi connectivity index (χ3v) is 4.78. The Morgan fingerprint density at radius 3 is 2.56 bits per heavy atom. The molecule has 1 aliphatic rings. The molecule has 1 N–H and O–H groups in total. The number of nitrogens with zero attached hydrogens (tertiary/aromatic N) is 1. The lowest BCUT2D eigenvalue weighted by Gasteiger charge is -2.23. The predicted octanol–water partition coefficient (Wildman–Crippen LogP) is 2.34. The Morgan fingerprint density at radius 2 is 1.85 bits per heavy atom. The highest BCUT2D eigenvalue weighted by molar-refractivity contribution is 6.02. The molecular weight excluding hydrogens is 344 g/mol. The first-order chi connectivity index (χ1) is 13.0. The quantitative estimate of drug-likeness (QED) is 0.850. The fourth-order valence-electron chi connectivity index (χ4n) is 3.47. The molecule has 27 heavy (non-hydrogen) atoms.